The van der Waals surface area contributed by atoms with E-state index in [9.17, 15) is 31.1 Å². The first-order valence-corrected chi connectivity index (χ1v) is 10.0. The lowest BCUT2D eigenvalue weighted by atomic mass is 9.77. The lowest BCUT2D eigenvalue weighted by Crippen LogP contribution is -2.57. The molecule has 184 valence electrons. The first-order valence-electron chi connectivity index (χ1n) is 10.0. The van der Waals surface area contributed by atoms with Crippen molar-refractivity contribution in [2.45, 2.75) is 43.1 Å². The number of hydrogen-bond acceptors (Lipinski definition) is 5. The molecular weight excluding hydrogens is 488 g/mol. The van der Waals surface area contributed by atoms with Gasteiger partial charge in [-0.05, 0) is 36.6 Å². The van der Waals surface area contributed by atoms with Crippen molar-refractivity contribution in [2.75, 3.05) is 6.54 Å². The lowest BCUT2D eigenvalue weighted by molar-refractivity contribution is -0.141. The van der Waals surface area contributed by atoms with E-state index in [-0.39, 0.29) is 30.2 Å². The number of carbonyl (C=O) groups is 1. The molecule has 0 saturated heterocycles. The summed E-state index contributed by atoms with van der Waals surface area (Å²) in [5.74, 6) is -1.09. The molecule has 2 aromatic rings. The van der Waals surface area contributed by atoms with E-state index in [1.165, 1.54) is 6.07 Å². The fraction of sp³-hybridized carbons (Fsp3) is 0.381. The number of hydrogen-bond donors (Lipinski definition) is 3. The Morgan fingerprint density at radius 1 is 1.09 bits per heavy atom. The number of alkyl halides is 6. The zero-order valence-electron chi connectivity index (χ0n) is 17.4. The molecule has 2 unspecified atom stereocenters. The monoisotopic (exact) mass is 507 g/mol. The highest BCUT2D eigenvalue weighted by atomic mass is 35.5. The van der Waals surface area contributed by atoms with Gasteiger partial charge in [0.15, 0.2) is 0 Å². The van der Waals surface area contributed by atoms with E-state index in [1.807, 2.05) is 0 Å². The Hall–Kier alpha value is -2.70. The van der Waals surface area contributed by atoms with Crippen LogP contribution in [0.4, 0.5) is 26.3 Å². The van der Waals surface area contributed by atoms with E-state index in [0.29, 0.717) is 42.8 Å². The van der Waals surface area contributed by atoms with Crippen LogP contribution in [0.1, 0.15) is 42.0 Å². The number of nitrogens with zero attached hydrogens (tertiary/aromatic N) is 2. The van der Waals surface area contributed by atoms with E-state index >= 15 is 0 Å². The van der Waals surface area contributed by atoms with E-state index in [0.717, 1.165) is 12.1 Å². The molecule has 1 aromatic carbocycles. The average Bonchev–Trinajstić information content (AvgIpc) is 3.14. The quantitative estimate of drug-likeness (QED) is 0.543. The Balaban J connectivity index is 0.00000324. The molecule has 1 spiro atoms. The van der Waals surface area contributed by atoms with Crippen molar-refractivity contribution in [3.63, 3.8) is 0 Å². The number of rotatable bonds is 3. The van der Waals surface area contributed by atoms with Gasteiger partial charge in [0.2, 0.25) is 5.91 Å². The Kier molecular flexibility index (Phi) is 6.98. The maximum Gasteiger partial charge on any atom is 0.433 e. The van der Waals surface area contributed by atoms with Gasteiger partial charge in [0.05, 0.1) is 16.8 Å². The van der Waals surface area contributed by atoms with Crippen LogP contribution >= 0.6 is 12.4 Å². The van der Waals surface area contributed by atoms with Crippen LogP contribution in [0, 0.1) is 0 Å². The summed E-state index contributed by atoms with van der Waals surface area (Å²) < 4.78 is 80.0. The Labute approximate surface area is 196 Å². The number of nitrogens with one attached hydrogen (secondary N) is 2. The van der Waals surface area contributed by atoms with E-state index in [2.05, 4.69) is 20.8 Å². The number of halogens is 7. The molecule has 34 heavy (non-hydrogen) atoms. The molecule has 4 rings (SSSR count). The third kappa shape index (κ3) is 4.89. The van der Waals surface area contributed by atoms with Gasteiger partial charge < -0.3 is 5.73 Å². The number of nitrogens with two attached hydrogens (primary N) is 1. The van der Waals surface area contributed by atoms with Gasteiger partial charge in [-0.15, -0.1) is 12.4 Å². The number of benzene rings is 1. The summed E-state index contributed by atoms with van der Waals surface area (Å²) in [4.78, 5) is 18.8. The molecule has 13 heteroatoms. The maximum atomic E-state index is 13.5. The van der Waals surface area contributed by atoms with Crippen LogP contribution in [0.25, 0.3) is 11.3 Å². The van der Waals surface area contributed by atoms with Crippen molar-refractivity contribution in [2.24, 2.45) is 5.73 Å². The summed E-state index contributed by atoms with van der Waals surface area (Å²) in [6.45, 7) is 0.171. The lowest BCUT2D eigenvalue weighted by Gasteiger charge is -2.39. The second kappa shape index (κ2) is 9.16. The van der Waals surface area contributed by atoms with Gasteiger partial charge in [0, 0.05) is 23.6 Å². The minimum Gasteiger partial charge on any atom is -0.366 e. The molecule has 0 bridgehead atoms. The summed E-state index contributed by atoms with van der Waals surface area (Å²) >= 11 is 0. The molecule has 2 atom stereocenters. The third-order valence-electron chi connectivity index (χ3n) is 6.04. The van der Waals surface area contributed by atoms with Crippen LogP contribution in [0.2, 0.25) is 0 Å². The normalized spacial score (nSPS) is 22.9. The Morgan fingerprint density at radius 3 is 2.47 bits per heavy atom. The van der Waals surface area contributed by atoms with Gasteiger partial charge in [-0.25, -0.2) is 15.4 Å². The van der Waals surface area contributed by atoms with Crippen LogP contribution in [0.15, 0.2) is 42.2 Å². The standard InChI is InChI=1S/C21H19F6N5O.ClH/c22-20(23,24)12-3-4-13(14(6-12)16-7-17(21(25,26)27)30-10-29-16)15-2-1-5-19(15)8-11(18(28)33)9-31-32-19;/h3-4,6-8,10,15,31-32H,1-2,5,9H2,(H2,28,33);1H. The number of hydrazine groups is 1. The van der Waals surface area contributed by atoms with E-state index in [1.54, 1.807) is 6.08 Å². The molecule has 1 aliphatic heterocycles. The van der Waals surface area contributed by atoms with Crippen LogP contribution in [0.5, 0.6) is 0 Å². The minimum atomic E-state index is -4.79. The summed E-state index contributed by atoms with van der Waals surface area (Å²) in [6, 6.07) is 3.60. The first kappa shape index (κ1) is 25.9. The maximum absolute atomic E-state index is 13.5. The largest absolute Gasteiger partial charge is 0.433 e. The second-order valence-corrected chi connectivity index (χ2v) is 8.08. The minimum absolute atomic E-state index is 0. The molecule has 0 radical (unpaired) electrons. The highest BCUT2D eigenvalue weighted by Gasteiger charge is 2.45. The third-order valence-corrected chi connectivity index (χ3v) is 6.04. The van der Waals surface area contributed by atoms with Crippen LogP contribution in [-0.4, -0.2) is 28.0 Å². The zero-order chi connectivity index (χ0) is 24.0. The predicted octanol–water partition coefficient (Wildman–Crippen LogP) is 4.13. The SMILES string of the molecule is Cl.NC(=O)C1=CC2(CCCC2c2ccc(C(F)(F)F)cc2-c2cc(C(F)(F)F)ncn2)NNC1. The molecular formula is C21H20ClF6N5O. The second-order valence-electron chi connectivity index (χ2n) is 8.08. The van der Waals surface area contributed by atoms with Gasteiger partial charge in [-0.1, -0.05) is 18.6 Å². The van der Waals surface area contributed by atoms with Crippen molar-refractivity contribution in [3.05, 3.63) is 59.1 Å². The van der Waals surface area contributed by atoms with Gasteiger partial charge in [0.1, 0.15) is 12.0 Å². The average molecular weight is 508 g/mol. The summed E-state index contributed by atoms with van der Waals surface area (Å²) in [7, 11) is 0. The molecule has 6 nitrogen and oxygen atoms in total. The molecule has 2 aliphatic rings. The zero-order valence-corrected chi connectivity index (χ0v) is 18.2. The smallest absolute Gasteiger partial charge is 0.366 e. The van der Waals surface area contributed by atoms with Gasteiger partial charge in [-0.3, -0.25) is 10.2 Å². The molecule has 4 N–H and O–H groups in total. The molecule has 1 saturated carbocycles. The molecule has 2 heterocycles. The van der Waals surface area contributed by atoms with Crippen molar-refractivity contribution in [1.29, 1.82) is 0 Å². The summed E-state index contributed by atoms with van der Waals surface area (Å²) in [6.07, 6.45) is -5.41. The van der Waals surface area contributed by atoms with Crippen molar-refractivity contribution in [1.82, 2.24) is 20.8 Å². The fourth-order valence-electron chi connectivity index (χ4n) is 4.56. The number of aromatic nitrogens is 2. The number of amides is 1. The topological polar surface area (TPSA) is 92.9 Å². The summed E-state index contributed by atoms with van der Waals surface area (Å²) in [5.41, 5.74) is 8.66. The van der Waals surface area contributed by atoms with Crippen molar-refractivity contribution >= 4 is 18.3 Å². The van der Waals surface area contributed by atoms with E-state index in [4.69, 9.17) is 5.73 Å². The van der Waals surface area contributed by atoms with Crippen LogP contribution in [-0.2, 0) is 17.1 Å². The fourth-order valence-corrected chi connectivity index (χ4v) is 4.56. The van der Waals surface area contributed by atoms with Crippen LogP contribution in [0.3, 0.4) is 0 Å². The van der Waals surface area contributed by atoms with Crippen molar-refractivity contribution < 1.29 is 31.1 Å². The predicted molar refractivity (Wildman–Crippen MR) is 112 cm³/mol. The van der Waals surface area contributed by atoms with Gasteiger partial charge >= 0.3 is 12.4 Å². The molecule has 1 fully saturated rings. The van der Waals surface area contributed by atoms with Crippen LogP contribution < -0.4 is 16.6 Å². The number of carbonyl (C=O) groups excluding carboxylic acids is 1. The number of primary amides is 1. The van der Waals surface area contributed by atoms with Gasteiger partial charge in [0.25, 0.3) is 0 Å². The summed E-state index contributed by atoms with van der Waals surface area (Å²) in [5, 5.41) is 0. The van der Waals surface area contributed by atoms with E-state index < -0.39 is 41.0 Å². The van der Waals surface area contributed by atoms with Gasteiger partial charge in [-0.2, -0.15) is 26.3 Å². The van der Waals surface area contributed by atoms with Crippen molar-refractivity contribution in [3.8, 4) is 11.3 Å². The first-order chi connectivity index (χ1) is 15.4. The molecule has 1 aliphatic carbocycles. The molecule has 1 amide bonds. The Morgan fingerprint density at radius 2 is 1.82 bits per heavy atom. The highest BCUT2D eigenvalue weighted by Crippen LogP contribution is 2.48. The highest BCUT2D eigenvalue weighted by molar-refractivity contribution is 5.92. The Bertz CT molecular complexity index is 1120. The molecule has 1 aromatic heterocycles.